The van der Waals surface area contributed by atoms with Crippen LogP contribution in [0.1, 0.15) is 39.5 Å². The zero-order chi connectivity index (χ0) is 13.4. The lowest BCUT2D eigenvalue weighted by Gasteiger charge is -2.21. The van der Waals surface area contributed by atoms with Gasteiger partial charge in [-0.25, -0.2) is 0 Å². The van der Waals surface area contributed by atoms with Crippen molar-refractivity contribution >= 4 is 11.8 Å². The van der Waals surface area contributed by atoms with E-state index < -0.39 is 0 Å². The number of hydrogen-bond acceptors (Lipinski definition) is 3. The van der Waals surface area contributed by atoms with Crippen LogP contribution in [0.3, 0.4) is 0 Å². The lowest BCUT2D eigenvalue weighted by atomic mass is 9.99. The molecule has 0 aromatic heterocycles. The summed E-state index contributed by atoms with van der Waals surface area (Å²) in [6, 6.07) is 0.204. The van der Waals surface area contributed by atoms with E-state index in [0.29, 0.717) is 13.0 Å². The number of rotatable bonds is 6. The maximum absolute atomic E-state index is 11.8. The molecule has 5 nitrogen and oxygen atoms in total. The van der Waals surface area contributed by atoms with Crippen molar-refractivity contribution in [2.45, 2.75) is 45.6 Å². The summed E-state index contributed by atoms with van der Waals surface area (Å²) >= 11 is 0. The third-order valence-electron chi connectivity index (χ3n) is 3.34. The SMILES string of the molecule is CCC(C)NC(=O)CCNC(=O)[C@H]1CCCNC1. The molecular formula is C13H25N3O2. The average Bonchev–Trinajstić information content (AvgIpc) is 2.39. The van der Waals surface area contributed by atoms with E-state index in [1.807, 2.05) is 13.8 Å². The van der Waals surface area contributed by atoms with E-state index in [-0.39, 0.29) is 23.8 Å². The van der Waals surface area contributed by atoms with Crippen molar-refractivity contribution in [1.82, 2.24) is 16.0 Å². The first-order valence-electron chi connectivity index (χ1n) is 6.91. The molecule has 2 atom stereocenters. The van der Waals surface area contributed by atoms with Gasteiger partial charge >= 0.3 is 0 Å². The highest BCUT2D eigenvalue weighted by atomic mass is 16.2. The molecule has 0 bridgehead atoms. The molecule has 0 spiro atoms. The van der Waals surface area contributed by atoms with E-state index in [4.69, 9.17) is 0 Å². The van der Waals surface area contributed by atoms with Gasteiger partial charge in [-0.05, 0) is 32.7 Å². The van der Waals surface area contributed by atoms with Crippen molar-refractivity contribution in [2.75, 3.05) is 19.6 Å². The van der Waals surface area contributed by atoms with Gasteiger partial charge in [0, 0.05) is 25.6 Å². The summed E-state index contributed by atoms with van der Waals surface area (Å²) in [5.41, 5.74) is 0. The summed E-state index contributed by atoms with van der Waals surface area (Å²) in [4.78, 5) is 23.3. The van der Waals surface area contributed by atoms with Crippen LogP contribution < -0.4 is 16.0 Å². The Bertz CT molecular complexity index is 275. The quantitative estimate of drug-likeness (QED) is 0.644. The van der Waals surface area contributed by atoms with Crippen LogP contribution in [0.2, 0.25) is 0 Å². The van der Waals surface area contributed by atoms with Crippen LogP contribution in [0.4, 0.5) is 0 Å². The molecule has 0 radical (unpaired) electrons. The Morgan fingerprint density at radius 2 is 2.22 bits per heavy atom. The van der Waals surface area contributed by atoms with Crippen LogP contribution in [0.15, 0.2) is 0 Å². The Hall–Kier alpha value is -1.10. The van der Waals surface area contributed by atoms with Crippen molar-refractivity contribution < 1.29 is 9.59 Å². The lowest BCUT2D eigenvalue weighted by molar-refractivity contribution is -0.125. The molecule has 5 heteroatoms. The summed E-state index contributed by atoms with van der Waals surface area (Å²) in [5.74, 6) is 0.140. The van der Waals surface area contributed by atoms with E-state index >= 15 is 0 Å². The van der Waals surface area contributed by atoms with Crippen molar-refractivity contribution in [1.29, 1.82) is 0 Å². The van der Waals surface area contributed by atoms with Crippen LogP contribution in [-0.2, 0) is 9.59 Å². The Kier molecular flexibility index (Phi) is 6.72. The number of hydrogen-bond donors (Lipinski definition) is 3. The fourth-order valence-electron chi connectivity index (χ4n) is 1.97. The largest absolute Gasteiger partial charge is 0.355 e. The second-order valence-electron chi connectivity index (χ2n) is 4.96. The zero-order valence-corrected chi connectivity index (χ0v) is 11.4. The molecule has 104 valence electrons. The number of nitrogens with one attached hydrogen (secondary N) is 3. The number of carbonyl (C=O) groups excluding carboxylic acids is 2. The van der Waals surface area contributed by atoms with Crippen molar-refractivity contribution in [3.05, 3.63) is 0 Å². The van der Waals surface area contributed by atoms with Gasteiger partial charge in [-0.15, -0.1) is 0 Å². The van der Waals surface area contributed by atoms with Gasteiger partial charge in [0.15, 0.2) is 0 Å². The summed E-state index contributed by atoms with van der Waals surface area (Å²) < 4.78 is 0. The van der Waals surface area contributed by atoms with Crippen molar-refractivity contribution in [3.8, 4) is 0 Å². The third-order valence-corrected chi connectivity index (χ3v) is 3.34. The minimum absolute atomic E-state index is 0.00594. The second kappa shape index (κ2) is 8.08. The summed E-state index contributed by atoms with van der Waals surface area (Å²) in [6.45, 7) is 6.19. The van der Waals surface area contributed by atoms with Crippen LogP contribution in [0.25, 0.3) is 0 Å². The Morgan fingerprint density at radius 3 is 2.83 bits per heavy atom. The third kappa shape index (κ3) is 5.49. The molecule has 3 N–H and O–H groups in total. The zero-order valence-electron chi connectivity index (χ0n) is 11.4. The molecule has 1 fully saturated rings. The molecule has 1 aliphatic heterocycles. The van der Waals surface area contributed by atoms with Gasteiger partial charge in [-0.2, -0.15) is 0 Å². The molecule has 0 aromatic rings. The van der Waals surface area contributed by atoms with Crippen LogP contribution in [0.5, 0.6) is 0 Å². The van der Waals surface area contributed by atoms with Crippen molar-refractivity contribution in [3.63, 3.8) is 0 Å². The summed E-state index contributed by atoms with van der Waals surface area (Å²) in [7, 11) is 0. The molecule has 18 heavy (non-hydrogen) atoms. The molecule has 1 unspecified atom stereocenters. The first-order chi connectivity index (χ1) is 8.63. The molecule has 1 aliphatic rings. The van der Waals surface area contributed by atoms with Crippen molar-refractivity contribution in [2.24, 2.45) is 5.92 Å². The molecule has 1 rings (SSSR count). The fraction of sp³-hybridized carbons (Fsp3) is 0.846. The van der Waals surface area contributed by atoms with Gasteiger partial charge in [0.25, 0.3) is 0 Å². The molecular weight excluding hydrogens is 230 g/mol. The molecule has 0 aliphatic carbocycles. The topological polar surface area (TPSA) is 70.2 Å². The van der Waals surface area contributed by atoms with Gasteiger partial charge in [0.1, 0.15) is 0 Å². The number of carbonyl (C=O) groups is 2. The van der Waals surface area contributed by atoms with E-state index in [0.717, 1.165) is 32.4 Å². The Labute approximate surface area is 109 Å². The van der Waals surface area contributed by atoms with Gasteiger partial charge in [-0.1, -0.05) is 6.92 Å². The molecule has 0 aromatic carbocycles. The Morgan fingerprint density at radius 1 is 1.44 bits per heavy atom. The highest BCUT2D eigenvalue weighted by Gasteiger charge is 2.20. The standard InChI is InChI=1S/C13H25N3O2/c1-3-10(2)16-12(17)6-8-15-13(18)11-5-4-7-14-9-11/h10-11,14H,3-9H2,1-2H3,(H,15,18)(H,16,17)/t10?,11-/m0/s1. The summed E-state index contributed by atoms with van der Waals surface area (Å²) in [5, 5.41) is 8.92. The molecule has 1 saturated heterocycles. The van der Waals surface area contributed by atoms with Gasteiger partial charge < -0.3 is 16.0 Å². The van der Waals surface area contributed by atoms with Crippen LogP contribution in [0, 0.1) is 5.92 Å². The van der Waals surface area contributed by atoms with E-state index in [2.05, 4.69) is 16.0 Å². The maximum Gasteiger partial charge on any atom is 0.224 e. The summed E-state index contributed by atoms with van der Waals surface area (Å²) in [6.07, 6.45) is 3.27. The van der Waals surface area contributed by atoms with E-state index in [9.17, 15) is 9.59 Å². The highest BCUT2D eigenvalue weighted by Crippen LogP contribution is 2.09. The highest BCUT2D eigenvalue weighted by molar-refractivity contribution is 5.80. The van der Waals surface area contributed by atoms with Crippen LogP contribution >= 0.6 is 0 Å². The first kappa shape index (κ1) is 15.0. The van der Waals surface area contributed by atoms with Gasteiger partial charge in [-0.3, -0.25) is 9.59 Å². The van der Waals surface area contributed by atoms with Crippen LogP contribution in [-0.4, -0.2) is 37.5 Å². The average molecular weight is 255 g/mol. The monoisotopic (exact) mass is 255 g/mol. The smallest absolute Gasteiger partial charge is 0.224 e. The minimum Gasteiger partial charge on any atom is -0.355 e. The molecule has 2 amide bonds. The van der Waals surface area contributed by atoms with Gasteiger partial charge in [0.2, 0.25) is 11.8 Å². The predicted molar refractivity (Wildman–Crippen MR) is 71.1 cm³/mol. The molecule has 1 heterocycles. The van der Waals surface area contributed by atoms with Gasteiger partial charge in [0.05, 0.1) is 5.92 Å². The molecule has 0 saturated carbocycles. The van der Waals surface area contributed by atoms with E-state index in [1.165, 1.54) is 0 Å². The Balaban J connectivity index is 2.12. The maximum atomic E-state index is 11.8. The predicted octanol–water partition coefficient (Wildman–Crippen LogP) is 0.407. The minimum atomic E-state index is 0.00594. The lowest BCUT2D eigenvalue weighted by Crippen LogP contribution is -2.42. The normalized spacial score (nSPS) is 21.1. The van der Waals surface area contributed by atoms with E-state index in [1.54, 1.807) is 0 Å². The fourth-order valence-corrected chi connectivity index (χ4v) is 1.97. The first-order valence-corrected chi connectivity index (χ1v) is 6.91. The second-order valence-corrected chi connectivity index (χ2v) is 4.96. The number of piperidine rings is 1. The number of amides is 2.